The molecule has 74 valence electrons. The highest BCUT2D eigenvalue weighted by Gasteiger charge is 2.08. The van der Waals surface area contributed by atoms with Gasteiger partial charge in [0, 0.05) is 23.0 Å². The predicted octanol–water partition coefficient (Wildman–Crippen LogP) is 1.20. The zero-order valence-corrected chi connectivity index (χ0v) is 8.59. The molecule has 14 heavy (non-hydrogen) atoms. The summed E-state index contributed by atoms with van der Waals surface area (Å²) in [5.41, 5.74) is 3.59. The molecule has 1 N–H and O–H groups in total. The number of hydrogen-bond donors (Lipinski definition) is 1. The molecule has 0 saturated heterocycles. The van der Waals surface area contributed by atoms with Crippen LogP contribution in [-0.4, -0.2) is 14.6 Å². The highest BCUT2D eigenvalue weighted by Crippen LogP contribution is 2.11. The van der Waals surface area contributed by atoms with Crippen LogP contribution in [0.15, 0.2) is 10.9 Å². The van der Waals surface area contributed by atoms with Gasteiger partial charge in [-0.15, -0.1) is 0 Å². The van der Waals surface area contributed by atoms with Crippen LogP contribution >= 0.6 is 0 Å². The lowest BCUT2D eigenvalue weighted by Crippen LogP contribution is -2.14. The standard InChI is InChI=1S/C10H13N3O/c1-4-8-7(3)10-11-6(2)5-9(14)13(10)12-8/h5,12H,4H2,1-3H3. The monoisotopic (exact) mass is 191 g/mol. The van der Waals surface area contributed by atoms with E-state index in [9.17, 15) is 4.79 Å². The van der Waals surface area contributed by atoms with Gasteiger partial charge >= 0.3 is 0 Å². The van der Waals surface area contributed by atoms with E-state index < -0.39 is 0 Å². The van der Waals surface area contributed by atoms with Gasteiger partial charge < -0.3 is 0 Å². The minimum absolute atomic E-state index is 0.0460. The largest absolute Gasteiger partial charge is 0.293 e. The number of hydrogen-bond acceptors (Lipinski definition) is 2. The lowest BCUT2D eigenvalue weighted by molar-refractivity contribution is 0.852. The smallest absolute Gasteiger partial charge is 0.272 e. The van der Waals surface area contributed by atoms with Crippen LogP contribution in [0, 0.1) is 13.8 Å². The van der Waals surface area contributed by atoms with Crippen molar-refractivity contribution in [3.05, 3.63) is 33.4 Å². The van der Waals surface area contributed by atoms with Crippen LogP contribution < -0.4 is 5.56 Å². The minimum Gasteiger partial charge on any atom is -0.293 e. The molecular formula is C10H13N3O. The van der Waals surface area contributed by atoms with Crippen LogP contribution in [0.25, 0.3) is 5.65 Å². The maximum Gasteiger partial charge on any atom is 0.272 e. The van der Waals surface area contributed by atoms with E-state index in [-0.39, 0.29) is 5.56 Å². The molecule has 2 aromatic heterocycles. The molecule has 2 heterocycles. The third kappa shape index (κ3) is 1.14. The Morgan fingerprint density at radius 3 is 2.86 bits per heavy atom. The van der Waals surface area contributed by atoms with Gasteiger partial charge in [0.15, 0.2) is 5.65 Å². The number of aryl methyl sites for hydroxylation is 3. The van der Waals surface area contributed by atoms with Crippen LogP contribution in [0.2, 0.25) is 0 Å². The second-order valence-electron chi connectivity index (χ2n) is 3.46. The average molecular weight is 191 g/mol. The van der Waals surface area contributed by atoms with Gasteiger partial charge in [-0.05, 0) is 20.3 Å². The van der Waals surface area contributed by atoms with Crippen LogP contribution in [0.5, 0.6) is 0 Å². The molecule has 4 nitrogen and oxygen atoms in total. The Labute approximate surface area is 81.6 Å². The van der Waals surface area contributed by atoms with Crippen molar-refractivity contribution in [3.8, 4) is 0 Å². The first-order valence-corrected chi connectivity index (χ1v) is 4.71. The minimum atomic E-state index is -0.0460. The fourth-order valence-corrected chi connectivity index (χ4v) is 1.65. The van der Waals surface area contributed by atoms with Gasteiger partial charge in [0.25, 0.3) is 5.56 Å². The fraction of sp³-hybridized carbons (Fsp3) is 0.400. The van der Waals surface area contributed by atoms with Crippen LogP contribution in [-0.2, 0) is 6.42 Å². The van der Waals surface area contributed by atoms with Crippen molar-refractivity contribution in [1.29, 1.82) is 0 Å². The van der Waals surface area contributed by atoms with Gasteiger partial charge in [-0.25, -0.2) is 9.50 Å². The normalized spacial score (nSPS) is 11.1. The lowest BCUT2D eigenvalue weighted by Gasteiger charge is -1.93. The Balaban J connectivity index is 2.92. The Hall–Kier alpha value is -1.58. The first-order chi connectivity index (χ1) is 6.63. The van der Waals surface area contributed by atoms with E-state index >= 15 is 0 Å². The summed E-state index contributed by atoms with van der Waals surface area (Å²) in [7, 11) is 0. The molecule has 0 unspecified atom stereocenters. The number of H-pyrrole nitrogens is 1. The summed E-state index contributed by atoms with van der Waals surface area (Å²) in [4.78, 5) is 15.9. The van der Waals surface area contributed by atoms with E-state index in [1.54, 1.807) is 0 Å². The predicted molar refractivity (Wildman–Crippen MR) is 54.7 cm³/mol. The van der Waals surface area contributed by atoms with Crippen molar-refractivity contribution in [2.75, 3.05) is 0 Å². The first kappa shape index (κ1) is 8.99. The maximum atomic E-state index is 11.6. The summed E-state index contributed by atoms with van der Waals surface area (Å²) >= 11 is 0. The molecule has 0 aromatic carbocycles. The van der Waals surface area contributed by atoms with Gasteiger partial charge in [-0.1, -0.05) is 6.92 Å². The molecule has 4 heteroatoms. The molecule has 0 aliphatic rings. The zero-order valence-electron chi connectivity index (χ0n) is 8.59. The highest BCUT2D eigenvalue weighted by atomic mass is 16.1. The van der Waals surface area contributed by atoms with Crippen molar-refractivity contribution < 1.29 is 0 Å². The Bertz CT molecular complexity index is 536. The number of rotatable bonds is 1. The summed E-state index contributed by atoms with van der Waals surface area (Å²) in [6.07, 6.45) is 0.883. The van der Waals surface area contributed by atoms with Gasteiger partial charge in [0.05, 0.1) is 0 Å². The van der Waals surface area contributed by atoms with Gasteiger partial charge in [-0.3, -0.25) is 9.89 Å². The van der Waals surface area contributed by atoms with Crippen LogP contribution in [0.1, 0.15) is 23.9 Å². The van der Waals surface area contributed by atoms with Crippen molar-refractivity contribution in [3.63, 3.8) is 0 Å². The molecule has 0 aliphatic carbocycles. The lowest BCUT2D eigenvalue weighted by atomic mass is 10.2. The second-order valence-corrected chi connectivity index (χ2v) is 3.46. The van der Waals surface area contributed by atoms with E-state index in [0.29, 0.717) is 0 Å². The molecule has 0 saturated carbocycles. The van der Waals surface area contributed by atoms with Crippen LogP contribution in [0.3, 0.4) is 0 Å². The fourth-order valence-electron chi connectivity index (χ4n) is 1.65. The SMILES string of the molecule is CCc1[nH]n2c(=O)cc(C)nc2c1C. The summed E-state index contributed by atoms with van der Waals surface area (Å²) in [6.45, 7) is 5.87. The number of fused-ring (bicyclic) bond motifs is 1. The van der Waals surface area contributed by atoms with Crippen molar-refractivity contribution in [2.24, 2.45) is 0 Å². The Morgan fingerprint density at radius 1 is 1.50 bits per heavy atom. The van der Waals surface area contributed by atoms with E-state index in [1.165, 1.54) is 10.6 Å². The molecule has 0 radical (unpaired) electrons. The third-order valence-corrected chi connectivity index (χ3v) is 2.44. The molecular weight excluding hydrogens is 178 g/mol. The zero-order chi connectivity index (χ0) is 10.3. The van der Waals surface area contributed by atoms with Crippen molar-refractivity contribution >= 4 is 5.65 Å². The second kappa shape index (κ2) is 2.97. The Morgan fingerprint density at radius 2 is 2.21 bits per heavy atom. The van der Waals surface area contributed by atoms with E-state index in [0.717, 1.165) is 29.0 Å². The third-order valence-electron chi connectivity index (χ3n) is 2.44. The molecule has 0 bridgehead atoms. The average Bonchev–Trinajstić information content (AvgIpc) is 2.44. The van der Waals surface area contributed by atoms with E-state index in [1.807, 2.05) is 13.8 Å². The summed E-state index contributed by atoms with van der Waals surface area (Å²) < 4.78 is 1.50. The Kier molecular flexibility index (Phi) is 1.91. The van der Waals surface area contributed by atoms with Gasteiger partial charge in [-0.2, -0.15) is 0 Å². The summed E-state index contributed by atoms with van der Waals surface area (Å²) in [5, 5.41) is 3.05. The maximum absolute atomic E-state index is 11.6. The number of nitrogens with zero attached hydrogens (tertiary/aromatic N) is 2. The number of aromatic nitrogens is 3. The summed E-state index contributed by atoms with van der Waals surface area (Å²) in [5.74, 6) is 0. The topological polar surface area (TPSA) is 50.2 Å². The number of nitrogens with one attached hydrogen (secondary N) is 1. The first-order valence-electron chi connectivity index (χ1n) is 4.71. The van der Waals surface area contributed by atoms with Crippen molar-refractivity contribution in [2.45, 2.75) is 27.2 Å². The molecule has 0 fully saturated rings. The molecule has 2 aromatic rings. The molecule has 0 amide bonds. The molecule has 0 aliphatic heterocycles. The van der Waals surface area contributed by atoms with E-state index in [4.69, 9.17) is 0 Å². The van der Waals surface area contributed by atoms with Gasteiger partial charge in [0.1, 0.15) is 0 Å². The molecule has 0 atom stereocenters. The highest BCUT2D eigenvalue weighted by molar-refractivity contribution is 5.49. The summed E-state index contributed by atoms with van der Waals surface area (Å²) in [6, 6.07) is 1.53. The number of aromatic amines is 1. The van der Waals surface area contributed by atoms with E-state index in [2.05, 4.69) is 17.0 Å². The van der Waals surface area contributed by atoms with Gasteiger partial charge in [0.2, 0.25) is 0 Å². The molecule has 0 spiro atoms. The van der Waals surface area contributed by atoms with Crippen LogP contribution in [0.4, 0.5) is 0 Å². The van der Waals surface area contributed by atoms with Crippen molar-refractivity contribution in [1.82, 2.24) is 14.6 Å². The molecule has 2 rings (SSSR count). The quantitative estimate of drug-likeness (QED) is 0.736.